The fourth-order valence-corrected chi connectivity index (χ4v) is 11.1. The summed E-state index contributed by atoms with van der Waals surface area (Å²) < 4.78 is 34.6. The van der Waals surface area contributed by atoms with E-state index in [0.29, 0.717) is 23.9 Å². The summed E-state index contributed by atoms with van der Waals surface area (Å²) in [5.41, 5.74) is 0. The van der Waals surface area contributed by atoms with E-state index in [1.165, 1.54) is 250 Å². The lowest BCUT2D eigenvalue weighted by Crippen LogP contribution is -2.37. The van der Waals surface area contributed by atoms with Gasteiger partial charge in [-0.05, 0) is 44.9 Å². The first kappa shape index (κ1) is 78.2. The number of hydrogen-bond acceptors (Lipinski definition) is 7. The molecule has 0 saturated heterocycles. The Morgan fingerprint density at radius 1 is 0.400 bits per heavy atom. The van der Waals surface area contributed by atoms with Gasteiger partial charge in [-0.25, -0.2) is 4.57 Å². The van der Waals surface area contributed by atoms with Crippen LogP contribution in [0.2, 0.25) is 0 Å². The number of quaternary nitrogens is 1. The summed E-state index contributed by atoms with van der Waals surface area (Å²) in [6.45, 7) is 4.36. The van der Waals surface area contributed by atoms with Crippen LogP contribution in [0.4, 0.5) is 0 Å². The maximum Gasteiger partial charge on any atom is 0.472 e. The number of rotatable bonds is 65. The number of carbonyl (C=O) groups excluding carboxylic acids is 2. The van der Waals surface area contributed by atoms with Crippen molar-refractivity contribution in [2.45, 2.75) is 354 Å². The van der Waals surface area contributed by atoms with E-state index in [2.05, 4.69) is 50.3 Å². The van der Waals surface area contributed by atoms with E-state index in [0.717, 1.165) is 64.2 Å². The molecule has 0 aromatic heterocycles. The molecule has 0 saturated carbocycles. The molecule has 0 rings (SSSR count). The summed E-state index contributed by atoms with van der Waals surface area (Å²) in [5.74, 6) is -0.794. The van der Waals surface area contributed by atoms with Gasteiger partial charge in [0.2, 0.25) is 0 Å². The zero-order valence-electron chi connectivity index (χ0n) is 53.8. The molecule has 0 amide bonds. The van der Waals surface area contributed by atoms with Crippen molar-refractivity contribution in [3.05, 3.63) is 36.5 Å². The van der Waals surface area contributed by atoms with Crippen molar-refractivity contribution < 1.29 is 42.1 Å². The van der Waals surface area contributed by atoms with Crippen molar-refractivity contribution in [3.8, 4) is 0 Å². The molecule has 0 aromatic rings. The van der Waals surface area contributed by atoms with Crippen LogP contribution < -0.4 is 0 Å². The predicted octanol–water partition coefficient (Wildman–Crippen LogP) is 22.3. The fourth-order valence-electron chi connectivity index (χ4n) is 10.4. The molecule has 9 nitrogen and oxygen atoms in total. The molecule has 0 bridgehead atoms. The molecule has 0 heterocycles. The quantitative estimate of drug-likeness (QED) is 0.0211. The first-order chi connectivity index (χ1) is 39.0. The largest absolute Gasteiger partial charge is 0.472 e. The molecule has 472 valence electrons. The lowest BCUT2D eigenvalue weighted by molar-refractivity contribution is -0.870. The van der Waals surface area contributed by atoms with Crippen LogP contribution >= 0.6 is 7.82 Å². The summed E-state index contributed by atoms with van der Waals surface area (Å²) in [5, 5.41) is 0. The van der Waals surface area contributed by atoms with Gasteiger partial charge < -0.3 is 18.9 Å². The van der Waals surface area contributed by atoms with Gasteiger partial charge in [-0.2, -0.15) is 0 Å². The van der Waals surface area contributed by atoms with Crippen LogP contribution in [0.5, 0.6) is 0 Å². The van der Waals surface area contributed by atoms with Crippen molar-refractivity contribution in [1.29, 1.82) is 0 Å². The Balaban J connectivity index is 3.85. The van der Waals surface area contributed by atoms with Gasteiger partial charge in [0.1, 0.15) is 19.8 Å². The molecule has 0 fully saturated rings. The third kappa shape index (κ3) is 65.4. The number of ether oxygens (including phenoxy) is 2. The first-order valence-corrected chi connectivity index (χ1v) is 36.2. The monoisotopic (exact) mass is 1150 g/mol. The number of allylic oxidation sites excluding steroid dienone is 6. The minimum atomic E-state index is -4.39. The molecule has 0 aliphatic carbocycles. The topological polar surface area (TPSA) is 108 Å². The van der Waals surface area contributed by atoms with E-state index in [9.17, 15) is 19.0 Å². The highest BCUT2D eigenvalue weighted by atomic mass is 31.2. The molecule has 2 atom stereocenters. The van der Waals surface area contributed by atoms with Crippen LogP contribution in [0.1, 0.15) is 348 Å². The standard InChI is InChI=1S/C70H134NO8P/c1-6-8-10-12-14-16-18-20-22-24-25-26-27-28-29-30-31-32-33-34-35-36-37-38-39-40-41-42-43-44-45-47-48-50-52-54-56-58-60-62-69(72)76-66-68(67-78-80(74,75)77-65-64-71(3,4)5)79-70(73)63-61-59-57-55-53-51-49-46-23-21-19-17-15-13-11-9-7-2/h9,11,15,17,21,23,68H,6-8,10,12-14,16,18-20,22,24-67H2,1-5H3/p+1/b11-9-,17-15-,23-21-. The van der Waals surface area contributed by atoms with Gasteiger partial charge in [0.05, 0.1) is 27.7 Å². The SMILES string of the molecule is CC/C=C\C/C=C\C/C=C\CCCCCCCCCC(=O)OC(COC(=O)CCCCCCCCCCCCCCCCCCCCCCCCCCCCCCCCCCCCCCCCC)COP(=O)(O)OCC[N+](C)(C)C. The molecule has 0 spiro atoms. The number of hydrogen-bond donors (Lipinski definition) is 1. The smallest absolute Gasteiger partial charge is 0.462 e. The van der Waals surface area contributed by atoms with E-state index in [1.54, 1.807) is 0 Å². The minimum Gasteiger partial charge on any atom is -0.462 e. The number of esters is 2. The number of phosphoric ester groups is 1. The van der Waals surface area contributed by atoms with Crippen LogP contribution in [0.25, 0.3) is 0 Å². The molecule has 0 aromatic carbocycles. The van der Waals surface area contributed by atoms with Crippen LogP contribution in [0.15, 0.2) is 36.5 Å². The Morgan fingerprint density at radius 2 is 0.713 bits per heavy atom. The molecule has 10 heteroatoms. The third-order valence-electron chi connectivity index (χ3n) is 15.7. The Kier molecular flexibility index (Phi) is 60.4. The average Bonchev–Trinajstić information content (AvgIpc) is 3.42. The molecular formula is C70H135NO8P+. The second-order valence-corrected chi connectivity index (χ2v) is 26.4. The van der Waals surface area contributed by atoms with Crippen molar-refractivity contribution in [1.82, 2.24) is 0 Å². The normalized spacial score (nSPS) is 13.3. The molecule has 0 radical (unpaired) electrons. The molecule has 0 aliphatic rings. The minimum absolute atomic E-state index is 0.0308. The predicted molar refractivity (Wildman–Crippen MR) is 344 cm³/mol. The van der Waals surface area contributed by atoms with Crippen molar-refractivity contribution >= 4 is 19.8 Å². The van der Waals surface area contributed by atoms with Gasteiger partial charge in [0, 0.05) is 12.8 Å². The van der Waals surface area contributed by atoms with Crippen molar-refractivity contribution in [2.24, 2.45) is 0 Å². The lowest BCUT2D eigenvalue weighted by Gasteiger charge is -2.24. The summed E-state index contributed by atoms with van der Waals surface area (Å²) in [6, 6.07) is 0. The summed E-state index contributed by atoms with van der Waals surface area (Å²) in [4.78, 5) is 35.7. The van der Waals surface area contributed by atoms with Gasteiger partial charge >= 0.3 is 19.8 Å². The van der Waals surface area contributed by atoms with E-state index in [4.69, 9.17) is 18.5 Å². The van der Waals surface area contributed by atoms with Gasteiger partial charge in [0.15, 0.2) is 6.10 Å². The lowest BCUT2D eigenvalue weighted by atomic mass is 10.0. The summed E-state index contributed by atoms with van der Waals surface area (Å²) in [6.07, 6.45) is 78.5. The number of phosphoric acid groups is 1. The van der Waals surface area contributed by atoms with Gasteiger partial charge in [-0.15, -0.1) is 0 Å². The molecule has 80 heavy (non-hydrogen) atoms. The number of likely N-dealkylation sites (N-methyl/N-ethyl adjacent to an activating group) is 1. The highest BCUT2D eigenvalue weighted by molar-refractivity contribution is 7.47. The van der Waals surface area contributed by atoms with Gasteiger partial charge in [0.25, 0.3) is 0 Å². The Bertz CT molecular complexity index is 1440. The second kappa shape index (κ2) is 61.8. The Labute approximate surface area is 497 Å². The van der Waals surface area contributed by atoms with E-state index in [1.807, 2.05) is 21.1 Å². The Morgan fingerprint density at radius 3 is 1.06 bits per heavy atom. The van der Waals surface area contributed by atoms with Crippen molar-refractivity contribution in [3.63, 3.8) is 0 Å². The highest BCUT2D eigenvalue weighted by Gasteiger charge is 2.27. The van der Waals surface area contributed by atoms with Crippen LogP contribution in [-0.2, 0) is 32.7 Å². The van der Waals surface area contributed by atoms with Gasteiger partial charge in [-0.1, -0.05) is 326 Å². The number of nitrogens with zero attached hydrogens (tertiary/aromatic N) is 1. The van der Waals surface area contributed by atoms with Crippen molar-refractivity contribution in [2.75, 3.05) is 47.5 Å². The van der Waals surface area contributed by atoms with E-state index >= 15 is 0 Å². The zero-order chi connectivity index (χ0) is 58.4. The van der Waals surface area contributed by atoms with Crippen LogP contribution in [0.3, 0.4) is 0 Å². The van der Waals surface area contributed by atoms with E-state index in [-0.39, 0.29) is 25.6 Å². The summed E-state index contributed by atoms with van der Waals surface area (Å²) >= 11 is 0. The molecule has 2 unspecified atom stereocenters. The number of carbonyl (C=O) groups is 2. The molecular weight excluding hydrogens is 1010 g/mol. The zero-order valence-corrected chi connectivity index (χ0v) is 54.7. The number of unbranched alkanes of at least 4 members (excludes halogenated alkanes) is 45. The maximum atomic E-state index is 12.8. The second-order valence-electron chi connectivity index (χ2n) is 24.9. The molecule has 0 aliphatic heterocycles. The fraction of sp³-hybridized carbons (Fsp3) is 0.886. The third-order valence-corrected chi connectivity index (χ3v) is 16.7. The first-order valence-electron chi connectivity index (χ1n) is 34.7. The average molecular weight is 1150 g/mol. The Hall–Kier alpha value is -1.77. The molecule has 1 N–H and O–H groups in total. The van der Waals surface area contributed by atoms with Crippen LogP contribution in [-0.4, -0.2) is 74.9 Å². The maximum absolute atomic E-state index is 12.8. The highest BCUT2D eigenvalue weighted by Crippen LogP contribution is 2.43. The summed E-state index contributed by atoms with van der Waals surface area (Å²) in [7, 11) is 1.48. The van der Waals surface area contributed by atoms with Gasteiger partial charge in [-0.3, -0.25) is 18.6 Å². The van der Waals surface area contributed by atoms with Crippen LogP contribution in [0, 0.1) is 0 Å². The van der Waals surface area contributed by atoms with E-state index < -0.39 is 26.5 Å².